The number of hydrogen-bond acceptors (Lipinski definition) is 6. The SMILES string of the molecule is Fc1ccc2c(c1CCc1ncc(-c3cncnc3)c3nncn13)CCO2. The molecule has 1 aliphatic heterocycles. The molecule has 4 aromatic rings. The standard InChI is InChI=1S/C19H15FN6O/c20-16-2-3-17-14(5-6-27-17)13(16)1-4-18-23-9-15(12-7-21-10-22-8-12)19-25-24-11-26(18)19/h2-3,7-11H,1,4-6H2. The molecule has 0 fully saturated rings. The normalized spacial score (nSPS) is 12.9. The fourth-order valence-electron chi connectivity index (χ4n) is 3.52. The van der Waals surface area contributed by atoms with Crippen molar-refractivity contribution in [1.82, 2.24) is 29.5 Å². The van der Waals surface area contributed by atoms with E-state index in [9.17, 15) is 4.39 Å². The Balaban J connectivity index is 1.49. The minimum Gasteiger partial charge on any atom is -0.493 e. The van der Waals surface area contributed by atoms with Crippen LogP contribution in [0.15, 0.2) is 43.4 Å². The minimum atomic E-state index is -0.197. The van der Waals surface area contributed by atoms with Crippen molar-refractivity contribution in [3.8, 4) is 16.9 Å². The Kier molecular flexibility index (Phi) is 3.74. The summed E-state index contributed by atoms with van der Waals surface area (Å²) >= 11 is 0. The summed E-state index contributed by atoms with van der Waals surface area (Å²) in [5, 5.41) is 8.23. The van der Waals surface area contributed by atoms with Crippen LogP contribution in [0.25, 0.3) is 16.8 Å². The van der Waals surface area contributed by atoms with Gasteiger partial charge in [-0.25, -0.2) is 19.3 Å². The van der Waals surface area contributed by atoms with Crippen molar-refractivity contribution in [2.75, 3.05) is 6.61 Å². The summed E-state index contributed by atoms with van der Waals surface area (Å²) in [6.07, 6.45) is 10.1. The second-order valence-electron chi connectivity index (χ2n) is 6.34. The van der Waals surface area contributed by atoms with E-state index < -0.39 is 0 Å². The summed E-state index contributed by atoms with van der Waals surface area (Å²) in [6, 6.07) is 3.17. The van der Waals surface area contributed by atoms with Crippen molar-refractivity contribution in [3.63, 3.8) is 0 Å². The monoisotopic (exact) mass is 362 g/mol. The quantitative estimate of drug-likeness (QED) is 0.555. The summed E-state index contributed by atoms with van der Waals surface area (Å²) in [6.45, 7) is 0.605. The molecule has 0 amide bonds. The number of halogens is 1. The Hall–Kier alpha value is -3.42. The van der Waals surface area contributed by atoms with E-state index in [0.29, 0.717) is 30.7 Å². The van der Waals surface area contributed by atoms with E-state index in [1.54, 1.807) is 31.0 Å². The molecule has 1 aromatic carbocycles. The van der Waals surface area contributed by atoms with Crippen LogP contribution in [0.3, 0.4) is 0 Å². The second-order valence-corrected chi connectivity index (χ2v) is 6.34. The fourth-order valence-corrected chi connectivity index (χ4v) is 3.52. The van der Waals surface area contributed by atoms with Gasteiger partial charge in [0.1, 0.15) is 30.0 Å². The Morgan fingerprint density at radius 1 is 1.11 bits per heavy atom. The lowest BCUT2D eigenvalue weighted by Crippen LogP contribution is -2.06. The molecule has 0 bridgehead atoms. The molecule has 0 saturated carbocycles. The number of nitrogens with zero attached hydrogens (tertiary/aromatic N) is 6. The van der Waals surface area contributed by atoms with E-state index in [4.69, 9.17) is 4.74 Å². The van der Waals surface area contributed by atoms with Gasteiger partial charge < -0.3 is 4.74 Å². The van der Waals surface area contributed by atoms with Crippen LogP contribution < -0.4 is 4.74 Å². The van der Waals surface area contributed by atoms with E-state index in [2.05, 4.69) is 25.1 Å². The van der Waals surface area contributed by atoms with Gasteiger partial charge in [-0.05, 0) is 24.1 Å². The zero-order valence-corrected chi connectivity index (χ0v) is 14.3. The molecule has 4 heterocycles. The van der Waals surface area contributed by atoms with Crippen molar-refractivity contribution in [1.29, 1.82) is 0 Å². The lowest BCUT2D eigenvalue weighted by atomic mass is 10.00. The van der Waals surface area contributed by atoms with E-state index in [1.165, 1.54) is 12.4 Å². The summed E-state index contributed by atoms with van der Waals surface area (Å²) in [7, 11) is 0. The molecule has 27 heavy (non-hydrogen) atoms. The van der Waals surface area contributed by atoms with Crippen LogP contribution in [0.4, 0.5) is 4.39 Å². The van der Waals surface area contributed by atoms with Crippen molar-refractivity contribution >= 4 is 5.65 Å². The molecule has 5 rings (SSSR count). The number of aromatic nitrogens is 6. The summed E-state index contributed by atoms with van der Waals surface area (Å²) in [5.74, 6) is 1.36. The summed E-state index contributed by atoms with van der Waals surface area (Å²) in [4.78, 5) is 12.7. The highest BCUT2D eigenvalue weighted by Gasteiger charge is 2.20. The molecule has 1 aliphatic rings. The van der Waals surface area contributed by atoms with Crippen LogP contribution in [-0.4, -0.2) is 36.2 Å². The molecule has 134 valence electrons. The van der Waals surface area contributed by atoms with Crippen LogP contribution in [0, 0.1) is 5.82 Å². The highest BCUT2D eigenvalue weighted by atomic mass is 19.1. The minimum absolute atomic E-state index is 0.197. The van der Waals surface area contributed by atoms with Gasteiger partial charge in [-0.2, -0.15) is 0 Å². The third-order valence-electron chi connectivity index (χ3n) is 4.82. The molecule has 0 saturated heterocycles. The van der Waals surface area contributed by atoms with Gasteiger partial charge in [0.05, 0.1) is 6.61 Å². The molecule has 0 N–H and O–H groups in total. The number of ether oxygens (including phenoxy) is 1. The van der Waals surface area contributed by atoms with E-state index in [1.807, 2.05) is 4.40 Å². The summed E-state index contributed by atoms with van der Waals surface area (Å²) < 4.78 is 21.7. The molecule has 0 spiro atoms. The third-order valence-corrected chi connectivity index (χ3v) is 4.82. The van der Waals surface area contributed by atoms with Gasteiger partial charge in [0.15, 0.2) is 5.65 Å². The average molecular weight is 362 g/mol. The third kappa shape index (κ3) is 2.69. The van der Waals surface area contributed by atoms with E-state index >= 15 is 0 Å². The topological polar surface area (TPSA) is 78.1 Å². The lowest BCUT2D eigenvalue weighted by molar-refractivity contribution is 0.356. The first-order valence-corrected chi connectivity index (χ1v) is 8.67. The van der Waals surface area contributed by atoms with Gasteiger partial charge >= 0.3 is 0 Å². The molecule has 0 atom stereocenters. The van der Waals surface area contributed by atoms with E-state index in [0.717, 1.165) is 34.7 Å². The van der Waals surface area contributed by atoms with Crippen molar-refractivity contribution in [2.24, 2.45) is 0 Å². The number of aryl methyl sites for hydroxylation is 1. The number of benzene rings is 1. The molecule has 0 radical (unpaired) electrons. The molecule has 3 aromatic heterocycles. The predicted molar refractivity (Wildman–Crippen MR) is 94.8 cm³/mol. The van der Waals surface area contributed by atoms with Crippen molar-refractivity contribution in [3.05, 3.63) is 66.1 Å². The van der Waals surface area contributed by atoms with Crippen LogP contribution in [0.1, 0.15) is 17.0 Å². The van der Waals surface area contributed by atoms with Crippen molar-refractivity contribution < 1.29 is 9.13 Å². The highest BCUT2D eigenvalue weighted by Crippen LogP contribution is 2.31. The van der Waals surface area contributed by atoms with Gasteiger partial charge in [0.25, 0.3) is 0 Å². The van der Waals surface area contributed by atoms with Crippen molar-refractivity contribution in [2.45, 2.75) is 19.3 Å². The summed E-state index contributed by atoms with van der Waals surface area (Å²) in [5.41, 5.74) is 3.97. The Bertz CT molecular complexity index is 1130. The lowest BCUT2D eigenvalue weighted by Gasteiger charge is -2.10. The Labute approximate surface area is 153 Å². The number of rotatable bonds is 4. The fraction of sp³-hybridized carbons (Fsp3) is 0.211. The Morgan fingerprint density at radius 3 is 2.89 bits per heavy atom. The first-order valence-electron chi connectivity index (χ1n) is 8.67. The predicted octanol–water partition coefficient (Wildman–Crippen LogP) is 2.44. The average Bonchev–Trinajstić information content (AvgIpc) is 3.37. The molecule has 7 nitrogen and oxygen atoms in total. The van der Waals surface area contributed by atoms with Crippen LogP contribution in [0.5, 0.6) is 5.75 Å². The van der Waals surface area contributed by atoms with Gasteiger partial charge in [-0.3, -0.25) is 4.40 Å². The highest BCUT2D eigenvalue weighted by molar-refractivity contribution is 5.75. The first kappa shape index (κ1) is 15.8. The molecule has 0 aliphatic carbocycles. The van der Waals surface area contributed by atoms with Crippen LogP contribution in [-0.2, 0) is 19.3 Å². The van der Waals surface area contributed by atoms with Crippen LogP contribution in [0.2, 0.25) is 0 Å². The van der Waals surface area contributed by atoms with Gasteiger partial charge in [0.2, 0.25) is 0 Å². The van der Waals surface area contributed by atoms with E-state index in [-0.39, 0.29) is 5.82 Å². The van der Waals surface area contributed by atoms with Crippen LogP contribution >= 0.6 is 0 Å². The smallest absolute Gasteiger partial charge is 0.171 e. The molecule has 0 unspecified atom stereocenters. The number of hydrogen-bond donors (Lipinski definition) is 0. The maximum absolute atomic E-state index is 14.4. The molecular formula is C19H15FN6O. The van der Waals surface area contributed by atoms with Gasteiger partial charge in [0, 0.05) is 48.1 Å². The van der Waals surface area contributed by atoms with Gasteiger partial charge in [-0.1, -0.05) is 0 Å². The molecular weight excluding hydrogens is 347 g/mol. The second kappa shape index (κ2) is 6.39. The zero-order chi connectivity index (χ0) is 18.2. The maximum atomic E-state index is 14.4. The Morgan fingerprint density at radius 2 is 2.00 bits per heavy atom. The zero-order valence-electron chi connectivity index (χ0n) is 14.3. The maximum Gasteiger partial charge on any atom is 0.171 e. The largest absolute Gasteiger partial charge is 0.493 e. The first-order chi connectivity index (χ1) is 13.3. The van der Waals surface area contributed by atoms with Gasteiger partial charge in [-0.15, -0.1) is 10.2 Å². The molecule has 8 heteroatoms. The number of fused-ring (bicyclic) bond motifs is 2.